The van der Waals surface area contributed by atoms with E-state index in [4.69, 9.17) is 0 Å². The van der Waals surface area contributed by atoms with Gasteiger partial charge in [-0.1, -0.05) is 18.2 Å². The predicted molar refractivity (Wildman–Crippen MR) is 61.6 cm³/mol. The van der Waals surface area contributed by atoms with Gasteiger partial charge in [0.1, 0.15) is 0 Å². The number of hydrogen-bond acceptors (Lipinski definition) is 2. The highest BCUT2D eigenvalue weighted by Gasteiger charge is 2.21. The maximum Gasteiger partial charge on any atom is 0.232 e. The maximum absolute atomic E-state index is 11.6. The van der Waals surface area contributed by atoms with Crippen molar-refractivity contribution in [2.24, 2.45) is 0 Å². The molecule has 0 aromatic heterocycles. The second-order valence-electron chi connectivity index (χ2n) is 3.92. The van der Waals surface area contributed by atoms with Gasteiger partial charge in [0, 0.05) is 6.54 Å². The molecular weight excluding hydrogens is 210 g/mol. The Labute approximate surface area is 90.8 Å². The SMILES string of the molecule is CS(=O)(=O)N1CCCCc2ccccc21. The third-order valence-corrected chi connectivity index (χ3v) is 3.90. The van der Waals surface area contributed by atoms with Gasteiger partial charge in [0.25, 0.3) is 0 Å². The minimum absolute atomic E-state index is 0.607. The minimum Gasteiger partial charge on any atom is -0.270 e. The van der Waals surface area contributed by atoms with Crippen LogP contribution in [-0.2, 0) is 16.4 Å². The van der Waals surface area contributed by atoms with Crippen molar-refractivity contribution in [3.05, 3.63) is 29.8 Å². The Hall–Kier alpha value is -1.03. The average Bonchev–Trinajstić information content (AvgIpc) is 2.38. The summed E-state index contributed by atoms with van der Waals surface area (Å²) in [6, 6.07) is 7.76. The fourth-order valence-corrected chi connectivity index (χ4v) is 3.00. The molecule has 1 aliphatic rings. The van der Waals surface area contributed by atoms with Crippen molar-refractivity contribution < 1.29 is 8.42 Å². The van der Waals surface area contributed by atoms with Crippen molar-refractivity contribution >= 4 is 15.7 Å². The Morgan fingerprint density at radius 1 is 1.20 bits per heavy atom. The highest BCUT2D eigenvalue weighted by atomic mass is 32.2. The normalized spacial score (nSPS) is 17.0. The van der Waals surface area contributed by atoms with Crippen LogP contribution < -0.4 is 4.31 Å². The first kappa shape index (κ1) is 10.5. The second kappa shape index (κ2) is 3.85. The Balaban J connectivity index is 2.51. The summed E-state index contributed by atoms with van der Waals surface area (Å²) < 4.78 is 24.8. The zero-order chi connectivity index (χ0) is 10.9. The maximum atomic E-state index is 11.6. The summed E-state index contributed by atoms with van der Waals surface area (Å²) in [7, 11) is -3.13. The second-order valence-corrected chi connectivity index (χ2v) is 5.83. The Bertz CT molecular complexity index is 453. The zero-order valence-electron chi connectivity index (χ0n) is 8.81. The molecule has 0 N–H and O–H groups in total. The van der Waals surface area contributed by atoms with Crippen LogP contribution >= 0.6 is 0 Å². The quantitative estimate of drug-likeness (QED) is 0.730. The molecule has 0 fully saturated rings. The molecule has 0 spiro atoms. The van der Waals surface area contributed by atoms with Crippen LogP contribution in [0.1, 0.15) is 18.4 Å². The number of rotatable bonds is 1. The van der Waals surface area contributed by atoms with E-state index >= 15 is 0 Å². The number of anilines is 1. The fraction of sp³-hybridized carbons (Fsp3) is 0.455. The van der Waals surface area contributed by atoms with Crippen LogP contribution in [-0.4, -0.2) is 21.2 Å². The Kier molecular flexibility index (Phi) is 2.69. The Morgan fingerprint density at radius 2 is 1.93 bits per heavy atom. The molecule has 3 nitrogen and oxygen atoms in total. The number of nitrogens with zero attached hydrogens (tertiary/aromatic N) is 1. The van der Waals surface area contributed by atoms with Crippen LogP contribution in [0.3, 0.4) is 0 Å². The molecule has 1 aromatic rings. The number of para-hydroxylation sites is 1. The highest BCUT2D eigenvalue weighted by Crippen LogP contribution is 2.27. The number of benzene rings is 1. The lowest BCUT2D eigenvalue weighted by molar-refractivity contribution is 0.595. The molecule has 0 aliphatic carbocycles. The minimum atomic E-state index is -3.13. The summed E-state index contributed by atoms with van der Waals surface area (Å²) in [6.45, 7) is 0.607. The first-order valence-electron chi connectivity index (χ1n) is 5.14. The van der Waals surface area contributed by atoms with E-state index in [9.17, 15) is 8.42 Å². The summed E-state index contributed by atoms with van der Waals surface area (Å²) in [5.74, 6) is 0. The first-order chi connectivity index (χ1) is 7.09. The van der Waals surface area contributed by atoms with E-state index in [1.54, 1.807) is 0 Å². The van der Waals surface area contributed by atoms with Crippen LogP contribution in [0.25, 0.3) is 0 Å². The van der Waals surface area contributed by atoms with Gasteiger partial charge in [0.15, 0.2) is 0 Å². The molecule has 4 heteroatoms. The van der Waals surface area contributed by atoms with E-state index in [1.165, 1.54) is 10.6 Å². The summed E-state index contributed by atoms with van der Waals surface area (Å²) in [4.78, 5) is 0. The average molecular weight is 225 g/mol. The molecule has 1 heterocycles. The van der Waals surface area contributed by atoms with Crippen LogP contribution in [0.4, 0.5) is 5.69 Å². The molecular formula is C11H15NO2S. The molecule has 1 aromatic carbocycles. The standard InChI is InChI=1S/C11H15NO2S/c1-15(13,14)12-9-5-4-7-10-6-2-3-8-11(10)12/h2-3,6,8H,4-5,7,9H2,1H3. The van der Waals surface area contributed by atoms with Crippen LogP contribution in [0.5, 0.6) is 0 Å². The molecule has 0 bridgehead atoms. The number of fused-ring (bicyclic) bond motifs is 1. The molecule has 82 valence electrons. The first-order valence-corrected chi connectivity index (χ1v) is 6.99. The van der Waals surface area contributed by atoms with E-state index < -0.39 is 10.0 Å². The van der Waals surface area contributed by atoms with Crippen molar-refractivity contribution in [2.45, 2.75) is 19.3 Å². The number of aryl methyl sites for hydroxylation is 1. The van der Waals surface area contributed by atoms with Gasteiger partial charge in [-0.15, -0.1) is 0 Å². The van der Waals surface area contributed by atoms with E-state index in [1.807, 2.05) is 24.3 Å². The largest absolute Gasteiger partial charge is 0.270 e. The lowest BCUT2D eigenvalue weighted by Gasteiger charge is -2.22. The summed E-state index contributed by atoms with van der Waals surface area (Å²) in [5.41, 5.74) is 2.00. The molecule has 0 saturated carbocycles. The van der Waals surface area contributed by atoms with Crippen molar-refractivity contribution in [2.75, 3.05) is 17.1 Å². The van der Waals surface area contributed by atoms with E-state index in [-0.39, 0.29) is 0 Å². The molecule has 0 atom stereocenters. The predicted octanol–water partition coefficient (Wildman–Crippen LogP) is 1.79. The van der Waals surface area contributed by atoms with Crippen LogP contribution in [0, 0.1) is 0 Å². The molecule has 15 heavy (non-hydrogen) atoms. The van der Waals surface area contributed by atoms with E-state index in [0.29, 0.717) is 6.54 Å². The summed E-state index contributed by atoms with van der Waals surface area (Å²) in [5, 5.41) is 0. The van der Waals surface area contributed by atoms with Gasteiger partial charge < -0.3 is 0 Å². The Morgan fingerprint density at radius 3 is 2.67 bits per heavy atom. The van der Waals surface area contributed by atoms with Crippen molar-refractivity contribution in [1.29, 1.82) is 0 Å². The third-order valence-electron chi connectivity index (χ3n) is 2.72. The lowest BCUT2D eigenvalue weighted by Crippen LogP contribution is -2.30. The molecule has 2 rings (SSSR count). The number of sulfonamides is 1. The van der Waals surface area contributed by atoms with Crippen molar-refractivity contribution in [1.82, 2.24) is 0 Å². The van der Waals surface area contributed by atoms with Gasteiger partial charge >= 0.3 is 0 Å². The lowest BCUT2D eigenvalue weighted by atomic mass is 10.1. The van der Waals surface area contributed by atoms with Gasteiger partial charge in [-0.3, -0.25) is 4.31 Å². The van der Waals surface area contributed by atoms with E-state index in [2.05, 4.69) is 0 Å². The smallest absolute Gasteiger partial charge is 0.232 e. The summed E-state index contributed by atoms with van der Waals surface area (Å²) in [6.07, 6.45) is 4.24. The van der Waals surface area contributed by atoms with E-state index in [0.717, 1.165) is 30.5 Å². The molecule has 0 radical (unpaired) electrons. The fourth-order valence-electron chi connectivity index (χ4n) is 2.00. The zero-order valence-corrected chi connectivity index (χ0v) is 9.63. The highest BCUT2D eigenvalue weighted by molar-refractivity contribution is 7.92. The number of hydrogen-bond donors (Lipinski definition) is 0. The van der Waals surface area contributed by atoms with Crippen molar-refractivity contribution in [3.8, 4) is 0 Å². The monoisotopic (exact) mass is 225 g/mol. The van der Waals surface area contributed by atoms with Crippen molar-refractivity contribution in [3.63, 3.8) is 0 Å². The summed E-state index contributed by atoms with van der Waals surface area (Å²) >= 11 is 0. The third kappa shape index (κ3) is 2.15. The molecule has 0 unspecified atom stereocenters. The van der Waals surface area contributed by atoms with Crippen LogP contribution in [0.15, 0.2) is 24.3 Å². The van der Waals surface area contributed by atoms with Gasteiger partial charge in [0.2, 0.25) is 10.0 Å². The van der Waals surface area contributed by atoms with Gasteiger partial charge in [0.05, 0.1) is 11.9 Å². The van der Waals surface area contributed by atoms with Gasteiger partial charge in [-0.05, 0) is 30.9 Å². The molecule has 1 aliphatic heterocycles. The van der Waals surface area contributed by atoms with Crippen LogP contribution in [0.2, 0.25) is 0 Å². The topological polar surface area (TPSA) is 37.4 Å². The van der Waals surface area contributed by atoms with Gasteiger partial charge in [-0.2, -0.15) is 0 Å². The molecule has 0 amide bonds. The molecule has 0 saturated heterocycles. The van der Waals surface area contributed by atoms with Gasteiger partial charge in [-0.25, -0.2) is 8.42 Å².